The quantitative estimate of drug-likeness (QED) is 0.140. The molecule has 0 radical (unpaired) electrons. The van der Waals surface area contributed by atoms with Crippen LogP contribution in [0.1, 0.15) is 43.5 Å². The number of anilines is 1. The zero-order valence-corrected chi connectivity index (χ0v) is 28.4. The van der Waals surface area contributed by atoms with Gasteiger partial charge in [-0.05, 0) is 54.8 Å². The van der Waals surface area contributed by atoms with Gasteiger partial charge in [0, 0.05) is 45.6 Å². The Morgan fingerprint density at radius 3 is 2.48 bits per heavy atom. The first-order chi connectivity index (χ1) is 24.6. The lowest BCUT2D eigenvalue weighted by molar-refractivity contribution is -0.208. The molecule has 6 rings (SSSR count). The summed E-state index contributed by atoms with van der Waals surface area (Å²) in [6, 6.07) is 12.0. The number of pyridine rings is 1. The number of rotatable bonds is 6. The summed E-state index contributed by atoms with van der Waals surface area (Å²) in [7, 11) is 0. The third-order valence-electron chi connectivity index (χ3n) is 8.43. The fraction of sp³-hybridized carbons (Fsp3) is 0.265. The Hall–Kier alpha value is -5.22. The molecule has 2 atom stereocenters. The van der Waals surface area contributed by atoms with Crippen LogP contribution in [0.5, 0.6) is 0 Å². The minimum Gasteiger partial charge on any atom is -0.452 e. The van der Waals surface area contributed by atoms with Gasteiger partial charge >= 0.3 is 18.1 Å². The molecule has 0 aliphatic carbocycles. The van der Waals surface area contributed by atoms with Crippen LogP contribution in [0.25, 0.3) is 28.1 Å². The lowest BCUT2D eigenvalue weighted by Crippen LogP contribution is -2.31. The second-order valence-corrected chi connectivity index (χ2v) is 12.8. The standard InChI is InChI=1S/C34H26Cl2F5N7O4/c1-18-3-2-4-28(47-17-43-24(14-30(47)49)23-13-21(35)6-8-27(23)48-15-29(36)45-46-48)26-11-19(9-10-42-26)22-7-5-20(12-25(22)44-31(18)50)33(37,38)16-52-32(51)34(39,40)41/h5-15,17-18,28H,2-4,16H2,1H3,(H,44,50)/t18-,28+/m1/s1. The van der Waals surface area contributed by atoms with Gasteiger partial charge in [-0.15, -0.1) is 5.10 Å². The Balaban J connectivity index is 1.38. The SMILES string of the molecule is C[C@@H]1CCC[C@H](n2cnc(-c3cc(Cl)ccc3-n3cc(Cl)nn3)cc2=O)c2cc(ccn2)-c2ccc(C(F)(F)COC(=O)C(F)(F)F)cc2NC1=O. The molecule has 18 heteroatoms. The molecule has 5 aromatic rings. The highest BCUT2D eigenvalue weighted by molar-refractivity contribution is 6.31. The highest BCUT2D eigenvalue weighted by Crippen LogP contribution is 2.38. The summed E-state index contributed by atoms with van der Waals surface area (Å²) in [4.78, 5) is 47.2. The summed E-state index contributed by atoms with van der Waals surface area (Å²) < 4.78 is 74.4. The first kappa shape index (κ1) is 36.6. The third-order valence-corrected chi connectivity index (χ3v) is 8.84. The maximum Gasteiger partial charge on any atom is 0.490 e. The van der Waals surface area contributed by atoms with Crippen molar-refractivity contribution in [2.24, 2.45) is 5.92 Å². The Morgan fingerprint density at radius 1 is 0.981 bits per heavy atom. The predicted molar refractivity (Wildman–Crippen MR) is 179 cm³/mol. The average Bonchev–Trinajstić information content (AvgIpc) is 3.54. The van der Waals surface area contributed by atoms with Gasteiger partial charge in [0.2, 0.25) is 5.91 Å². The summed E-state index contributed by atoms with van der Waals surface area (Å²) in [6.07, 6.45) is 0.0434. The van der Waals surface area contributed by atoms with E-state index < -0.39 is 53.7 Å². The molecule has 0 fully saturated rings. The minimum atomic E-state index is -5.45. The molecule has 0 spiro atoms. The molecular formula is C34H26Cl2F5N7O4. The molecule has 52 heavy (non-hydrogen) atoms. The molecule has 11 nitrogen and oxygen atoms in total. The van der Waals surface area contributed by atoms with E-state index in [-0.39, 0.29) is 16.4 Å². The average molecular weight is 763 g/mol. The van der Waals surface area contributed by atoms with E-state index in [1.807, 2.05) is 0 Å². The lowest BCUT2D eigenvalue weighted by atomic mass is 9.94. The summed E-state index contributed by atoms with van der Waals surface area (Å²) in [5, 5.41) is 11.0. The predicted octanol–water partition coefficient (Wildman–Crippen LogP) is 7.41. The van der Waals surface area contributed by atoms with Gasteiger partial charge < -0.3 is 10.1 Å². The topological polar surface area (TPSA) is 134 Å². The van der Waals surface area contributed by atoms with Gasteiger partial charge in [-0.1, -0.05) is 53.9 Å². The second-order valence-electron chi connectivity index (χ2n) is 12.0. The molecule has 1 aliphatic heterocycles. The number of carbonyl (C=O) groups is 2. The zero-order chi connectivity index (χ0) is 37.4. The van der Waals surface area contributed by atoms with Crippen LogP contribution in [-0.4, -0.2) is 54.2 Å². The fourth-order valence-electron chi connectivity index (χ4n) is 5.75. The molecule has 2 bridgehead atoms. The Morgan fingerprint density at radius 2 is 1.77 bits per heavy atom. The van der Waals surface area contributed by atoms with Crippen LogP contribution in [0.2, 0.25) is 10.2 Å². The molecule has 1 aliphatic rings. The molecule has 0 saturated heterocycles. The highest BCUT2D eigenvalue weighted by atomic mass is 35.5. The molecule has 3 aromatic heterocycles. The zero-order valence-electron chi connectivity index (χ0n) is 26.9. The Labute approximate surface area is 301 Å². The van der Waals surface area contributed by atoms with Crippen molar-refractivity contribution in [1.82, 2.24) is 29.5 Å². The fourth-order valence-corrected chi connectivity index (χ4v) is 6.04. The van der Waals surface area contributed by atoms with E-state index in [0.717, 1.165) is 12.1 Å². The lowest BCUT2D eigenvalue weighted by Gasteiger charge is -2.24. The third kappa shape index (κ3) is 7.82. The first-order valence-electron chi connectivity index (χ1n) is 15.6. The normalized spacial score (nSPS) is 16.7. The van der Waals surface area contributed by atoms with Gasteiger partial charge in [-0.2, -0.15) is 22.0 Å². The summed E-state index contributed by atoms with van der Waals surface area (Å²) >= 11 is 12.3. The van der Waals surface area contributed by atoms with Crippen LogP contribution in [0.15, 0.2) is 78.1 Å². The molecular weight excluding hydrogens is 736 g/mol. The number of ether oxygens (including phenoxy) is 1. The number of aromatic nitrogens is 6. The number of benzene rings is 2. The molecule has 0 saturated carbocycles. The van der Waals surface area contributed by atoms with Crippen LogP contribution in [0.3, 0.4) is 0 Å². The molecule has 0 unspecified atom stereocenters. The maximum absolute atomic E-state index is 15.0. The van der Waals surface area contributed by atoms with Crippen LogP contribution in [-0.2, 0) is 20.2 Å². The van der Waals surface area contributed by atoms with Crippen molar-refractivity contribution >= 4 is 40.8 Å². The highest BCUT2D eigenvalue weighted by Gasteiger charge is 2.44. The first-order valence-corrected chi connectivity index (χ1v) is 16.4. The number of fused-ring (bicyclic) bond motifs is 4. The number of esters is 1. The summed E-state index contributed by atoms with van der Waals surface area (Å²) in [5.74, 6) is -7.89. The number of hydrogen-bond donors (Lipinski definition) is 1. The van der Waals surface area contributed by atoms with Crippen molar-refractivity contribution < 1.29 is 36.3 Å². The van der Waals surface area contributed by atoms with Gasteiger partial charge in [0.05, 0.1) is 35.6 Å². The monoisotopic (exact) mass is 761 g/mol. The van der Waals surface area contributed by atoms with Gasteiger partial charge in [-0.25, -0.2) is 14.5 Å². The van der Waals surface area contributed by atoms with E-state index in [1.54, 1.807) is 37.3 Å². The largest absolute Gasteiger partial charge is 0.490 e. The van der Waals surface area contributed by atoms with Crippen molar-refractivity contribution in [3.63, 3.8) is 0 Å². The van der Waals surface area contributed by atoms with Gasteiger partial charge in [-0.3, -0.25) is 19.1 Å². The second kappa shape index (κ2) is 14.4. The maximum atomic E-state index is 15.0. The van der Waals surface area contributed by atoms with E-state index in [0.29, 0.717) is 52.5 Å². The van der Waals surface area contributed by atoms with Crippen LogP contribution in [0.4, 0.5) is 27.6 Å². The number of alkyl halides is 5. The van der Waals surface area contributed by atoms with Crippen LogP contribution in [0, 0.1) is 5.92 Å². The van der Waals surface area contributed by atoms with Gasteiger partial charge in [0.1, 0.15) is 0 Å². The molecule has 1 amide bonds. The molecule has 270 valence electrons. The number of carbonyl (C=O) groups excluding carboxylic acids is 2. The smallest absolute Gasteiger partial charge is 0.452 e. The minimum absolute atomic E-state index is 0.0559. The summed E-state index contributed by atoms with van der Waals surface area (Å²) in [6.45, 7) is -0.222. The van der Waals surface area contributed by atoms with E-state index in [2.05, 4.69) is 30.3 Å². The van der Waals surface area contributed by atoms with Crippen molar-refractivity contribution in [1.29, 1.82) is 0 Å². The van der Waals surface area contributed by atoms with E-state index >= 15 is 8.78 Å². The number of nitrogens with zero attached hydrogens (tertiary/aromatic N) is 6. The Bertz CT molecular complexity index is 2230. The molecule has 1 N–H and O–H groups in total. The summed E-state index contributed by atoms with van der Waals surface area (Å²) in [5.41, 5.74) is 1.18. The van der Waals surface area contributed by atoms with Crippen molar-refractivity contribution in [2.75, 3.05) is 11.9 Å². The van der Waals surface area contributed by atoms with E-state index in [1.165, 1.54) is 40.1 Å². The number of halogens is 7. The Kier molecular flexibility index (Phi) is 10.1. The number of amides is 1. The van der Waals surface area contributed by atoms with Gasteiger partial charge in [0.15, 0.2) is 11.8 Å². The van der Waals surface area contributed by atoms with Crippen LogP contribution < -0.4 is 10.9 Å². The molecule has 2 aromatic carbocycles. The number of nitrogens with one attached hydrogen (secondary N) is 1. The van der Waals surface area contributed by atoms with Crippen LogP contribution >= 0.6 is 23.2 Å². The van der Waals surface area contributed by atoms with Crippen molar-refractivity contribution in [3.8, 4) is 28.1 Å². The van der Waals surface area contributed by atoms with Gasteiger partial charge in [0.25, 0.3) is 5.56 Å². The van der Waals surface area contributed by atoms with E-state index in [9.17, 15) is 27.6 Å². The van der Waals surface area contributed by atoms with Crippen molar-refractivity contribution in [2.45, 2.75) is 44.3 Å². The number of hydrogen-bond acceptors (Lipinski definition) is 8. The molecule has 4 heterocycles. The van der Waals surface area contributed by atoms with E-state index in [4.69, 9.17) is 23.2 Å². The van der Waals surface area contributed by atoms with Crippen molar-refractivity contribution in [3.05, 3.63) is 105 Å².